The van der Waals surface area contributed by atoms with E-state index in [1.54, 1.807) is 18.2 Å². The molecule has 2 aromatic rings. The zero-order chi connectivity index (χ0) is 20.1. The van der Waals surface area contributed by atoms with Gasteiger partial charge in [0, 0.05) is 30.2 Å². The number of benzene rings is 2. The summed E-state index contributed by atoms with van der Waals surface area (Å²) in [6.07, 6.45) is 2.08. The highest BCUT2D eigenvalue weighted by atomic mass is 32.2. The maximum absolute atomic E-state index is 12.7. The first-order chi connectivity index (χ1) is 14.2. The van der Waals surface area contributed by atoms with Gasteiger partial charge in [-0.3, -0.25) is 9.59 Å². The highest BCUT2D eigenvalue weighted by Gasteiger charge is 2.20. The Balaban J connectivity index is 1.40. The van der Waals surface area contributed by atoms with Crippen LogP contribution in [0, 0.1) is 0 Å². The summed E-state index contributed by atoms with van der Waals surface area (Å²) in [5.74, 6) is 1.91. The van der Waals surface area contributed by atoms with Crippen LogP contribution >= 0.6 is 23.5 Å². The van der Waals surface area contributed by atoms with E-state index < -0.39 is 0 Å². The predicted octanol–water partition coefficient (Wildman–Crippen LogP) is 4.33. The van der Waals surface area contributed by atoms with E-state index >= 15 is 0 Å². The highest BCUT2D eigenvalue weighted by molar-refractivity contribution is 8.19. The Hall–Kier alpha value is -1.96. The van der Waals surface area contributed by atoms with Crippen LogP contribution in [0.25, 0.3) is 0 Å². The van der Waals surface area contributed by atoms with Crippen molar-refractivity contribution in [2.24, 2.45) is 0 Å². The minimum absolute atomic E-state index is 0.0791. The molecule has 0 aromatic heterocycles. The first-order valence-corrected chi connectivity index (χ1v) is 11.9. The van der Waals surface area contributed by atoms with Crippen LogP contribution in [0.2, 0.25) is 0 Å². The van der Waals surface area contributed by atoms with Crippen LogP contribution in [0.4, 0.5) is 5.69 Å². The maximum atomic E-state index is 12.7. The van der Waals surface area contributed by atoms with Gasteiger partial charge in [-0.05, 0) is 42.7 Å². The molecule has 2 aromatic carbocycles. The van der Waals surface area contributed by atoms with Gasteiger partial charge in [0.25, 0.3) is 11.8 Å². The number of amides is 2. The molecule has 0 aliphatic carbocycles. The van der Waals surface area contributed by atoms with Crippen molar-refractivity contribution in [3.63, 3.8) is 0 Å². The SMILES string of the molecule is O=C(Nc1ccccc1C(=O)NC[C@@H]1CCCO1)c1ccc(C2SCCS2)cc1. The van der Waals surface area contributed by atoms with Gasteiger partial charge in [0.05, 0.1) is 21.9 Å². The van der Waals surface area contributed by atoms with E-state index in [9.17, 15) is 9.59 Å². The fourth-order valence-corrected chi connectivity index (χ4v) is 6.29. The second kappa shape index (κ2) is 9.69. The molecule has 29 heavy (non-hydrogen) atoms. The summed E-state index contributed by atoms with van der Waals surface area (Å²) >= 11 is 3.88. The van der Waals surface area contributed by atoms with Gasteiger partial charge in [-0.25, -0.2) is 0 Å². The average Bonchev–Trinajstić information content (AvgIpc) is 3.47. The Morgan fingerprint density at radius 1 is 1.00 bits per heavy atom. The summed E-state index contributed by atoms with van der Waals surface area (Å²) in [5, 5.41) is 5.80. The molecule has 0 saturated carbocycles. The van der Waals surface area contributed by atoms with Gasteiger partial charge in [0.15, 0.2) is 0 Å². The van der Waals surface area contributed by atoms with Crippen molar-refractivity contribution < 1.29 is 14.3 Å². The zero-order valence-corrected chi connectivity index (χ0v) is 17.7. The van der Waals surface area contributed by atoms with E-state index in [4.69, 9.17) is 4.74 Å². The molecule has 4 rings (SSSR count). The Labute approximate surface area is 179 Å². The third-order valence-electron chi connectivity index (χ3n) is 5.00. The van der Waals surface area contributed by atoms with Crippen LogP contribution in [0.3, 0.4) is 0 Å². The van der Waals surface area contributed by atoms with Crippen molar-refractivity contribution in [3.8, 4) is 0 Å². The largest absolute Gasteiger partial charge is 0.376 e. The number of anilines is 1. The molecule has 2 heterocycles. The summed E-state index contributed by atoms with van der Waals surface area (Å²) in [4.78, 5) is 25.3. The summed E-state index contributed by atoms with van der Waals surface area (Å²) < 4.78 is 6.01. The third-order valence-corrected chi connectivity index (χ3v) is 8.11. The van der Waals surface area contributed by atoms with Crippen molar-refractivity contribution >= 4 is 41.0 Å². The smallest absolute Gasteiger partial charge is 0.255 e. The summed E-state index contributed by atoms with van der Waals surface area (Å²) in [6.45, 7) is 1.24. The van der Waals surface area contributed by atoms with Crippen molar-refractivity contribution in [2.45, 2.75) is 23.5 Å². The zero-order valence-electron chi connectivity index (χ0n) is 16.1. The fourth-order valence-electron chi connectivity index (χ4n) is 3.43. The maximum Gasteiger partial charge on any atom is 0.255 e. The standard InChI is InChI=1S/C22H24N2O3S2/c25-20(15-7-9-16(10-8-15)22-28-12-13-29-22)24-19-6-2-1-5-18(19)21(26)23-14-17-4-3-11-27-17/h1-2,5-10,17,22H,3-4,11-14H2,(H,23,26)(H,24,25)/t17-/m0/s1. The van der Waals surface area contributed by atoms with Crippen LogP contribution in [0.5, 0.6) is 0 Å². The van der Waals surface area contributed by atoms with Gasteiger partial charge in [-0.2, -0.15) is 0 Å². The molecule has 2 aliphatic heterocycles. The predicted molar refractivity (Wildman–Crippen MR) is 120 cm³/mol. The Bertz CT molecular complexity index is 861. The van der Waals surface area contributed by atoms with Crippen LogP contribution in [-0.4, -0.2) is 42.6 Å². The molecule has 0 bridgehead atoms. The Morgan fingerprint density at radius 2 is 1.76 bits per heavy atom. The molecule has 0 radical (unpaired) electrons. The number of ether oxygens (including phenoxy) is 1. The number of nitrogens with one attached hydrogen (secondary N) is 2. The van der Waals surface area contributed by atoms with Gasteiger partial charge >= 0.3 is 0 Å². The van der Waals surface area contributed by atoms with E-state index in [2.05, 4.69) is 10.6 Å². The van der Waals surface area contributed by atoms with Crippen molar-refractivity contribution in [2.75, 3.05) is 30.0 Å². The molecule has 2 fully saturated rings. The number of rotatable bonds is 6. The van der Waals surface area contributed by atoms with Crippen LogP contribution < -0.4 is 10.6 Å². The summed E-state index contributed by atoms with van der Waals surface area (Å²) in [5.41, 5.74) is 2.78. The molecule has 2 amide bonds. The second-order valence-corrected chi connectivity index (χ2v) is 9.76. The number of thioether (sulfide) groups is 2. The number of hydrogen-bond acceptors (Lipinski definition) is 5. The molecular weight excluding hydrogens is 404 g/mol. The summed E-state index contributed by atoms with van der Waals surface area (Å²) in [6, 6.07) is 14.8. The van der Waals surface area contributed by atoms with Crippen LogP contribution in [-0.2, 0) is 4.74 Å². The quantitative estimate of drug-likeness (QED) is 0.717. The topological polar surface area (TPSA) is 67.4 Å². The van der Waals surface area contributed by atoms with Gasteiger partial charge in [-0.1, -0.05) is 24.3 Å². The Kier molecular flexibility index (Phi) is 6.79. The van der Waals surface area contributed by atoms with Crippen molar-refractivity contribution in [1.82, 2.24) is 5.32 Å². The molecule has 2 N–H and O–H groups in total. The molecule has 152 valence electrons. The lowest BCUT2D eigenvalue weighted by Gasteiger charge is -2.14. The monoisotopic (exact) mass is 428 g/mol. The van der Waals surface area contributed by atoms with Gasteiger partial charge < -0.3 is 15.4 Å². The molecule has 2 saturated heterocycles. The molecule has 0 unspecified atom stereocenters. The first-order valence-electron chi connectivity index (χ1n) is 9.84. The third kappa shape index (κ3) is 5.15. The highest BCUT2D eigenvalue weighted by Crippen LogP contribution is 2.45. The Morgan fingerprint density at radius 3 is 2.48 bits per heavy atom. The van der Waals surface area contributed by atoms with E-state index in [1.165, 1.54) is 17.1 Å². The molecular formula is C22H24N2O3S2. The van der Waals surface area contributed by atoms with Gasteiger partial charge in [0.1, 0.15) is 0 Å². The molecule has 0 spiro atoms. The number of carbonyl (C=O) groups is 2. The van der Waals surface area contributed by atoms with Gasteiger partial charge in [-0.15, -0.1) is 23.5 Å². The van der Waals surface area contributed by atoms with E-state index in [0.29, 0.717) is 27.9 Å². The summed E-state index contributed by atoms with van der Waals surface area (Å²) in [7, 11) is 0. The number of hydrogen-bond donors (Lipinski definition) is 2. The normalized spacial score (nSPS) is 19.2. The van der Waals surface area contributed by atoms with E-state index in [1.807, 2.05) is 53.9 Å². The average molecular weight is 429 g/mol. The van der Waals surface area contributed by atoms with Crippen molar-refractivity contribution in [3.05, 3.63) is 65.2 Å². The molecule has 5 nitrogen and oxygen atoms in total. The first kappa shape index (κ1) is 20.3. The van der Waals surface area contributed by atoms with Crippen molar-refractivity contribution in [1.29, 1.82) is 0 Å². The van der Waals surface area contributed by atoms with E-state index in [0.717, 1.165) is 19.4 Å². The van der Waals surface area contributed by atoms with E-state index in [-0.39, 0.29) is 17.9 Å². The number of carbonyl (C=O) groups excluding carboxylic acids is 2. The van der Waals surface area contributed by atoms with Gasteiger partial charge in [0.2, 0.25) is 0 Å². The molecule has 7 heteroatoms. The van der Waals surface area contributed by atoms with Crippen LogP contribution in [0.1, 0.15) is 43.7 Å². The lowest BCUT2D eigenvalue weighted by molar-refractivity contribution is 0.0858. The molecule has 2 aliphatic rings. The molecule has 1 atom stereocenters. The minimum atomic E-state index is -0.220. The lowest BCUT2D eigenvalue weighted by atomic mass is 10.1. The van der Waals surface area contributed by atoms with Crippen LogP contribution in [0.15, 0.2) is 48.5 Å². The minimum Gasteiger partial charge on any atom is -0.376 e. The second-order valence-electron chi connectivity index (χ2n) is 7.04. The lowest BCUT2D eigenvalue weighted by Crippen LogP contribution is -2.32. The number of para-hydroxylation sites is 1. The fraction of sp³-hybridized carbons (Fsp3) is 0.364.